The molecule has 1 heterocycles. The Balaban J connectivity index is 2.17. The molecule has 0 saturated carbocycles. The molecule has 0 aliphatic heterocycles. The third kappa shape index (κ3) is 3.35. The van der Waals surface area contributed by atoms with Crippen molar-refractivity contribution in [2.75, 3.05) is 14.2 Å². The van der Waals surface area contributed by atoms with E-state index in [0.717, 1.165) is 10.0 Å². The van der Waals surface area contributed by atoms with Gasteiger partial charge in [0.2, 0.25) is 0 Å². The maximum absolute atomic E-state index is 12.2. The van der Waals surface area contributed by atoms with Crippen molar-refractivity contribution < 1.29 is 9.53 Å². The highest BCUT2D eigenvalue weighted by Crippen LogP contribution is 2.24. The van der Waals surface area contributed by atoms with Crippen LogP contribution >= 0.6 is 27.5 Å². The van der Waals surface area contributed by atoms with Gasteiger partial charge in [-0.1, -0.05) is 11.6 Å². The van der Waals surface area contributed by atoms with E-state index in [1.54, 1.807) is 49.5 Å². The summed E-state index contributed by atoms with van der Waals surface area (Å²) < 4.78 is 6.12. The summed E-state index contributed by atoms with van der Waals surface area (Å²) in [6.07, 6.45) is 1.72. The standard InChI is InChI=1S/C14H14BrClN2O2/c1-18(14(19)12-6-10(15)7-17-12)8-9-5-11(16)3-4-13(9)20-2/h3-7,17H,8H2,1-2H3. The lowest BCUT2D eigenvalue weighted by molar-refractivity contribution is 0.0779. The highest BCUT2D eigenvalue weighted by Gasteiger charge is 2.15. The lowest BCUT2D eigenvalue weighted by atomic mass is 10.2. The van der Waals surface area contributed by atoms with Crippen LogP contribution in [0.3, 0.4) is 0 Å². The Morgan fingerprint density at radius 3 is 2.80 bits per heavy atom. The third-order valence-electron chi connectivity index (χ3n) is 2.87. The van der Waals surface area contributed by atoms with Crippen molar-refractivity contribution in [3.05, 3.63) is 51.2 Å². The zero-order chi connectivity index (χ0) is 14.7. The van der Waals surface area contributed by atoms with Crippen LogP contribution in [0.5, 0.6) is 5.75 Å². The maximum Gasteiger partial charge on any atom is 0.270 e. The molecule has 0 aliphatic carbocycles. The Bertz CT molecular complexity index is 627. The van der Waals surface area contributed by atoms with Crippen LogP contribution < -0.4 is 4.74 Å². The number of carbonyl (C=O) groups is 1. The molecule has 0 radical (unpaired) electrons. The van der Waals surface area contributed by atoms with Crippen LogP contribution in [0, 0.1) is 0 Å². The first-order chi connectivity index (χ1) is 9.51. The molecule has 1 aromatic heterocycles. The molecule has 0 unspecified atom stereocenters. The fourth-order valence-corrected chi connectivity index (χ4v) is 2.43. The summed E-state index contributed by atoms with van der Waals surface area (Å²) >= 11 is 9.30. The van der Waals surface area contributed by atoms with Gasteiger partial charge >= 0.3 is 0 Å². The minimum absolute atomic E-state index is 0.0993. The number of benzene rings is 1. The molecule has 20 heavy (non-hydrogen) atoms. The molecule has 0 fully saturated rings. The van der Waals surface area contributed by atoms with Crippen LogP contribution in [-0.2, 0) is 6.54 Å². The van der Waals surface area contributed by atoms with Crippen LogP contribution in [0.4, 0.5) is 0 Å². The van der Waals surface area contributed by atoms with Gasteiger partial charge in [-0.2, -0.15) is 0 Å². The van der Waals surface area contributed by atoms with E-state index in [-0.39, 0.29) is 5.91 Å². The Kier molecular flexibility index (Phi) is 4.73. The van der Waals surface area contributed by atoms with Crippen molar-refractivity contribution in [1.29, 1.82) is 0 Å². The quantitative estimate of drug-likeness (QED) is 0.906. The van der Waals surface area contributed by atoms with E-state index in [2.05, 4.69) is 20.9 Å². The molecule has 0 bridgehead atoms. The molecular weight excluding hydrogens is 344 g/mol. The molecule has 0 spiro atoms. The average molecular weight is 358 g/mol. The number of H-pyrrole nitrogens is 1. The van der Waals surface area contributed by atoms with Crippen molar-refractivity contribution in [2.24, 2.45) is 0 Å². The van der Waals surface area contributed by atoms with Crippen LogP contribution in [0.2, 0.25) is 5.02 Å². The van der Waals surface area contributed by atoms with Crippen molar-refractivity contribution in [2.45, 2.75) is 6.54 Å². The predicted octanol–water partition coefficient (Wildman–Crippen LogP) is 3.71. The number of ether oxygens (including phenoxy) is 1. The summed E-state index contributed by atoms with van der Waals surface area (Å²) in [7, 11) is 3.33. The van der Waals surface area contributed by atoms with Gasteiger partial charge < -0.3 is 14.6 Å². The number of aromatic nitrogens is 1. The monoisotopic (exact) mass is 356 g/mol. The molecule has 6 heteroatoms. The van der Waals surface area contributed by atoms with Crippen molar-refractivity contribution >= 4 is 33.4 Å². The zero-order valence-corrected chi connectivity index (χ0v) is 13.5. The highest BCUT2D eigenvalue weighted by molar-refractivity contribution is 9.10. The number of halogens is 2. The molecule has 1 N–H and O–H groups in total. The molecule has 1 amide bonds. The molecular formula is C14H14BrClN2O2. The first-order valence-corrected chi connectivity index (χ1v) is 7.10. The van der Waals surface area contributed by atoms with E-state index in [1.807, 2.05) is 0 Å². The molecule has 4 nitrogen and oxygen atoms in total. The summed E-state index contributed by atoms with van der Waals surface area (Å²) in [5.74, 6) is 0.611. The second-order valence-electron chi connectivity index (χ2n) is 4.35. The van der Waals surface area contributed by atoms with Crippen molar-refractivity contribution in [3.8, 4) is 5.75 Å². The van der Waals surface area contributed by atoms with Crippen LogP contribution in [0.1, 0.15) is 16.1 Å². The highest BCUT2D eigenvalue weighted by atomic mass is 79.9. The fourth-order valence-electron chi connectivity index (χ4n) is 1.90. The summed E-state index contributed by atoms with van der Waals surface area (Å²) in [6.45, 7) is 0.416. The lowest BCUT2D eigenvalue weighted by Gasteiger charge is -2.18. The van der Waals surface area contributed by atoms with Gasteiger partial charge in [0.25, 0.3) is 5.91 Å². The molecule has 106 valence electrons. The van der Waals surface area contributed by atoms with E-state index in [0.29, 0.717) is 23.0 Å². The van der Waals surface area contributed by atoms with E-state index < -0.39 is 0 Å². The number of methoxy groups -OCH3 is 1. The summed E-state index contributed by atoms with van der Waals surface area (Å²) in [4.78, 5) is 16.8. The first-order valence-electron chi connectivity index (χ1n) is 5.93. The summed E-state index contributed by atoms with van der Waals surface area (Å²) in [5.41, 5.74) is 1.39. The first kappa shape index (κ1) is 14.9. The Morgan fingerprint density at radius 1 is 1.45 bits per heavy atom. The zero-order valence-electron chi connectivity index (χ0n) is 11.1. The van der Waals surface area contributed by atoms with Crippen LogP contribution in [0.25, 0.3) is 0 Å². The van der Waals surface area contributed by atoms with E-state index >= 15 is 0 Å². The number of nitrogens with zero attached hydrogens (tertiary/aromatic N) is 1. The van der Waals surface area contributed by atoms with Gasteiger partial charge in [-0.3, -0.25) is 4.79 Å². The average Bonchev–Trinajstić information content (AvgIpc) is 2.84. The number of rotatable bonds is 4. The second kappa shape index (κ2) is 6.33. The molecule has 0 saturated heterocycles. The second-order valence-corrected chi connectivity index (χ2v) is 5.70. The van der Waals surface area contributed by atoms with Crippen molar-refractivity contribution in [1.82, 2.24) is 9.88 Å². The fraction of sp³-hybridized carbons (Fsp3) is 0.214. The van der Waals surface area contributed by atoms with Gasteiger partial charge in [0.05, 0.1) is 7.11 Å². The SMILES string of the molecule is COc1ccc(Cl)cc1CN(C)C(=O)c1cc(Br)c[nH]1. The van der Waals surface area contributed by atoms with Gasteiger partial charge in [0, 0.05) is 34.8 Å². The van der Waals surface area contributed by atoms with Crippen LogP contribution in [-0.4, -0.2) is 29.9 Å². The number of hydrogen-bond acceptors (Lipinski definition) is 2. The predicted molar refractivity (Wildman–Crippen MR) is 82.3 cm³/mol. The number of carbonyl (C=O) groups excluding carboxylic acids is 1. The van der Waals surface area contributed by atoms with Crippen LogP contribution in [0.15, 0.2) is 34.9 Å². The molecule has 0 atom stereocenters. The number of nitrogens with one attached hydrogen (secondary N) is 1. The largest absolute Gasteiger partial charge is 0.496 e. The van der Waals surface area contributed by atoms with E-state index in [9.17, 15) is 4.79 Å². The Hall–Kier alpha value is -1.46. The minimum atomic E-state index is -0.0993. The Morgan fingerprint density at radius 2 is 2.20 bits per heavy atom. The number of amides is 1. The number of aromatic amines is 1. The lowest BCUT2D eigenvalue weighted by Crippen LogP contribution is -2.26. The van der Waals surface area contributed by atoms with Gasteiger partial charge in [0.1, 0.15) is 11.4 Å². The summed E-state index contributed by atoms with van der Waals surface area (Å²) in [6, 6.07) is 7.10. The number of hydrogen-bond donors (Lipinski definition) is 1. The van der Waals surface area contributed by atoms with Crippen molar-refractivity contribution in [3.63, 3.8) is 0 Å². The summed E-state index contributed by atoms with van der Waals surface area (Å²) in [5, 5.41) is 0.615. The molecule has 2 aromatic rings. The van der Waals surface area contributed by atoms with Gasteiger partial charge in [-0.15, -0.1) is 0 Å². The maximum atomic E-state index is 12.2. The topological polar surface area (TPSA) is 45.3 Å². The molecule has 1 aromatic carbocycles. The third-order valence-corrected chi connectivity index (χ3v) is 3.57. The van der Waals surface area contributed by atoms with E-state index in [4.69, 9.17) is 16.3 Å². The normalized spacial score (nSPS) is 10.4. The van der Waals surface area contributed by atoms with Gasteiger partial charge in [-0.05, 0) is 40.2 Å². The van der Waals surface area contributed by atoms with E-state index in [1.165, 1.54) is 0 Å². The minimum Gasteiger partial charge on any atom is -0.496 e. The molecule has 2 rings (SSSR count). The molecule has 0 aliphatic rings. The Labute approximate surface area is 130 Å². The van der Waals surface area contributed by atoms with Gasteiger partial charge in [-0.25, -0.2) is 0 Å². The smallest absolute Gasteiger partial charge is 0.270 e. The van der Waals surface area contributed by atoms with Gasteiger partial charge in [0.15, 0.2) is 0 Å².